The van der Waals surface area contributed by atoms with Crippen molar-refractivity contribution in [1.82, 2.24) is 20.2 Å². The van der Waals surface area contributed by atoms with Crippen LogP contribution in [0.4, 0.5) is 0 Å². The van der Waals surface area contributed by atoms with Gasteiger partial charge < -0.3 is 9.15 Å². The van der Waals surface area contributed by atoms with Gasteiger partial charge in [0.15, 0.2) is 5.65 Å². The van der Waals surface area contributed by atoms with Crippen LogP contribution in [0.25, 0.3) is 22.5 Å². The van der Waals surface area contributed by atoms with Crippen molar-refractivity contribution in [3.63, 3.8) is 0 Å². The maximum atomic E-state index is 5.76. The van der Waals surface area contributed by atoms with Crippen LogP contribution in [0.2, 0.25) is 0 Å². The Morgan fingerprint density at radius 1 is 0.926 bits per heavy atom. The third-order valence-electron chi connectivity index (χ3n) is 4.40. The van der Waals surface area contributed by atoms with Crippen molar-refractivity contribution in [2.45, 2.75) is 25.7 Å². The number of hydrogen-bond donors (Lipinski definition) is 0. The van der Waals surface area contributed by atoms with Crippen LogP contribution in [0.3, 0.4) is 0 Å². The summed E-state index contributed by atoms with van der Waals surface area (Å²) in [6.45, 7) is 0. The van der Waals surface area contributed by atoms with E-state index < -0.39 is 0 Å². The highest BCUT2D eigenvalue weighted by Gasteiger charge is 2.09. The molecule has 0 aliphatic rings. The highest BCUT2D eigenvalue weighted by atomic mass is 16.5. The Hall–Kier alpha value is -3.28. The minimum atomic E-state index is 0.537. The average molecular weight is 360 g/mol. The van der Waals surface area contributed by atoms with Gasteiger partial charge in [0.1, 0.15) is 5.75 Å². The summed E-state index contributed by atoms with van der Waals surface area (Å²) in [6, 6.07) is 15.7. The van der Waals surface area contributed by atoms with Crippen LogP contribution in [0, 0.1) is 0 Å². The third kappa shape index (κ3) is 4.11. The third-order valence-corrected chi connectivity index (χ3v) is 4.40. The molecule has 0 unspecified atom stereocenters. The van der Waals surface area contributed by atoms with Crippen LogP contribution in [0.5, 0.6) is 5.75 Å². The summed E-state index contributed by atoms with van der Waals surface area (Å²) in [7, 11) is 1.64. The molecule has 3 aromatic heterocycles. The number of nitrogens with zero attached hydrogens (tertiary/aromatic N) is 4. The number of unbranched alkanes of at least 4 members (excludes halogenated alkanes) is 1. The number of aromatic nitrogens is 4. The molecule has 0 aliphatic carbocycles. The zero-order chi connectivity index (χ0) is 18.5. The van der Waals surface area contributed by atoms with Gasteiger partial charge in [-0.1, -0.05) is 0 Å². The van der Waals surface area contributed by atoms with E-state index in [1.807, 2.05) is 36.4 Å². The number of fused-ring (bicyclic) bond motifs is 1. The highest BCUT2D eigenvalue weighted by molar-refractivity contribution is 5.74. The second-order valence-electron chi connectivity index (χ2n) is 6.29. The van der Waals surface area contributed by atoms with Crippen LogP contribution in [0.15, 0.2) is 59.1 Å². The van der Waals surface area contributed by atoms with Gasteiger partial charge in [-0.15, -0.1) is 10.2 Å². The first-order valence-electron chi connectivity index (χ1n) is 8.99. The highest BCUT2D eigenvalue weighted by Crippen LogP contribution is 2.21. The van der Waals surface area contributed by atoms with Crippen LogP contribution >= 0.6 is 0 Å². The summed E-state index contributed by atoms with van der Waals surface area (Å²) < 4.78 is 10.9. The minimum Gasteiger partial charge on any atom is -0.497 e. The quantitative estimate of drug-likeness (QED) is 0.459. The smallest absolute Gasteiger partial charge is 0.247 e. The Morgan fingerprint density at radius 2 is 1.78 bits per heavy atom. The lowest BCUT2D eigenvalue weighted by Gasteiger charge is -2.02. The number of methoxy groups -OCH3 is 1. The minimum absolute atomic E-state index is 0.537. The van der Waals surface area contributed by atoms with Crippen LogP contribution in [-0.2, 0) is 12.8 Å². The van der Waals surface area contributed by atoms with E-state index in [1.165, 1.54) is 0 Å². The molecule has 136 valence electrons. The van der Waals surface area contributed by atoms with E-state index in [4.69, 9.17) is 9.15 Å². The van der Waals surface area contributed by atoms with Gasteiger partial charge in [-0.3, -0.25) is 0 Å². The Morgan fingerprint density at radius 3 is 2.63 bits per heavy atom. The molecule has 0 radical (unpaired) electrons. The van der Waals surface area contributed by atoms with Gasteiger partial charge in [-0.2, -0.15) is 0 Å². The molecule has 6 heteroatoms. The van der Waals surface area contributed by atoms with Gasteiger partial charge in [0.05, 0.1) is 7.11 Å². The maximum Gasteiger partial charge on any atom is 0.247 e. The summed E-state index contributed by atoms with van der Waals surface area (Å²) in [5.74, 6) is 2.00. The predicted molar refractivity (Wildman–Crippen MR) is 102 cm³/mol. The summed E-state index contributed by atoms with van der Waals surface area (Å²) >= 11 is 0. The second kappa shape index (κ2) is 7.95. The molecule has 0 fully saturated rings. The summed E-state index contributed by atoms with van der Waals surface area (Å²) in [5.41, 5.74) is 2.75. The summed E-state index contributed by atoms with van der Waals surface area (Å²) in [5, 5.41) is 9.35. The number of benzene rings is 1. The lowest BCUT2D eigenvalue weighted by Crippen LogP contribution is -1.94. The molecule has 0 saturated carbocycles. The molecule has 1 aromatic carbocycles. The first-order valence-corrected chi connectivity index (χ1v) is 8.99. The van der Waals surface area contributed by atoms with Crippen molar-refractivity contribution >= 4 is 11.0 Å². The van der Waals surface area contributed by atoms with Crippen molar-refractivity contribution in [2.75, 3.05) is 7.11 Å². The van der Waals surface area contributed by atoms with E-state index in [-0.39, 0.29) is 0 Å². The fraction of sp³-hybridized carbons (Fsp3) is 0.238. The van der Waals surface area contributed by atoms with Crippen molar-refractivity contribution in [3.8, 4) is 17.2 Å². The Labute approximate surface area is 157 Å². The summed E-state index contributed by atoms with van der Waals surface area (Å²) in [4.78, 5) is 8.91. The lowest BCUT2D eigenvalue weighted by atomic mass is 10.1. The molecule has 3 heterocycles. The van der Waals surface area contributed by atoms with Gasteiger partial charge in [0.25, 0.3) is 0 Å². The zero-order valence-electron chi connectivity index (χ0n) is 15.1. The van der Waals surface area contributed by atoms with E-state index in [0.717, 1.165) is 53.7 Å². The normalized spacial score (nSPS) is 11.0. The zero-order valence-corrected chi connectivity index (χ0v) is 15.1. The van der Waals surface area contributed by atoms with Gasteiger partial charge in [-0.25, -0.2) is 9.97 Å². The molecule has 0 bridgehead atoms. The van der Waals surface area contributed by atoms with Gasteiger partial charge >= 0.3 is 0 Å². The SMILES string of the molecule is COc1ccc(-c2nnc(CCCCc3ccc4cccnc4n3)o2)cc1. The topological polar surface area (TPSA) is 73.9 Å². The molecule has 0 saturated heterocycles. The van der Waals surface area contributed by atoms with Gasteiger partial charge in [0, 0.05) is 29.3 Å². The van der Waals surface area contributed by atoms with Crippen molar-refractivity contribution in [2.24, 2.45) is 0 Å². The van der Waals surface area contributed by atoms with Crippen molar-refractivity contribution < 1.29 is 9.15 Å². The molecule has 6 nitrogen and oxygen atoms in total. The number of aryl methyl sites for hydroxylation is 2. The molecule has 0 N–H and O–H groups in total. The van der Waals surface area contributed by atoms with E-state index in [9.17, 15) is 0 Å². The maximum absolute atomic E-state index is 5.76. The molecule has 0 amide bonds. The fourth-order valence-corrected chi connectivity index (χ4v) is 2.92. The van der Waals surface area contributed by atoms with Crippen molar-refractivity contribution in [1.29, 1.82) is 0 Å². The number of rotatable bonds is 7. The number of ether oxygens (including phenoxy) is 1. The van der Waals surface area contributed by atoms with Crippen LogP contribution in [-0.4, -0.2) is 27.3 Å². The summed E-state index contributed by atoms with van der Waals surface area (Å²) in [6.07, 6.45) is 5.41. The largest absolute Gasteiger partial charge is 0.497 e. The predicted octanol–water partition coefficient (Wildman–Crippen LogP) is 4.25. The molecule has 4 aromatic rings. The number of pyridine rings is 2. The van der Waals surface area contributed by atoms with Gasteiger partial charge in [-0.05, 0) is 67.8 Å². The molecule has 27 heavy (non-hydrogen) atoms. The van der Waals surface area contributed by atoms with E-state index in [2.05, 4.69) is 32.3 Å². The molecular weight excluding hydrogens is 340 g/mol. The Kier molecular flexibility index (Phi) is 5.05. The monoisotopic (exact) mass is 360 g/mol. The van der Waals surface area contributed by atoms with E-state index in [0.29, 0.717) is 11.8 Å². The van der Waals surface area contributed by atoms with Gasteiger partial charge in [0.2, 0.25) is 11.8 Å². The first kappa shape index (κ1) is 17.1. The lowest BCUT2D eigenvalue weighted by molar-refractivity contribution is 0.415. The first-order chi connectivity index (χ1) is 13.3. The average Bonchev–Trinajstić information content (AvgIpc) is 3.20. The number of hydrogen-bond acceptors (Lipinski definition) is 6. The molecular formula is C21H20N4O2. The molecule has 0 atom stereocenters. The van der Waals surface area contributed by atoms with E-state index >= 15 is 0 Å². The molecule has 4 rings (SSSR count). The Bertz CT molecular complexity index is 1030. The standard InChI is InChI=1S/C21H20N4O2/c1-26-18-12-9-16(10-13-18)21-25-24-19(27-21)7-3-2-6-17-11-8-15-5-4-14-22-20(15)23-17/h4-5,8-14H,2-3,6-7H2,1H3. The van der Waals surface area contributed by atoms with Crippen LogP contribution < -0.4 is 4.74 Å². The van der Waals surface area contributed by atoms with E-state index in [1.54, 1.807) is 13.3 Å². The second-order valence-corrected chi connectivity index (χ2v) is 6.29. The van der Waals surface area contributed by atoms with Crippen LogP contribution in [0.1, 0.15) is 24.4 Å². The molecule has 0 aliphatic heterocycles. The Balaban J connectivity index is 1.30. The van der Waals surface area contributed by atoms with Crippen molar-refractivity contribution in [3.05, 3.63) is 66.3 Å². The molecule has 0 spiro atoms. The fourth-order valence-electron chi connectivity index (χ4n) is 2.92.